The molecule has 0 spiro atoms. The van der Waals surface area contributed by atoms with Crippen LogP contribution in [0.5, 0.6) is 0 Å². The highest BCUT2D eigenvalue weighted by Gasteiger charge is 2.35. The summed E-state index contributed by atoms with van der Waals surface area (Å²) in [5.41, 5.74) is 1.04. The first-order valence-electron chi connectivity index (χ1n) is 8.46. The summed E-state index contributed by atoms with van der Waals surface area (Å²) in [7, 11) is 0. The molecule has 1 saturated heterocycles. The third-order valence-electron chi connectivity index (χ3n) is 4.41. The second-order valence-electron chi connectivity index (χ2n) is 6.62. The van der Waals surface area contributed by atoms with Crippen molar-refractivity contribution >= 4 is 11.9 Å². The monoisotopic (exact) mass is 347 g/mol. The van der Waals surface area contributed by atoms with Gasteiger partial charge in [-0.1, -0.05) is 49.4 Å². The van der Waals surface area contributed by atoms with Gasteiger partial charge < -0.3 is 20.2 Å². The van der Waals surface area contributed by atoms with Crippen LogP contribution >= 0.6 is 0 Å². The molecule has 0 saturated carbocycles. The van der Waals surface area contributed by atoms with Gasteiger partial charge in [0.2, 0.25) is 5.91 Å². The fourth-order valence-corrected chi connectivity index (χ4v) is 3.14. The summed E-state index contributed by atoms with van der Waals surface area (Å²) in [5.74, 6) is -0.900. The van der Waals surface area contributed by atoms with Crippen molar-refractivity contribution < 1.29 is 24.9 Å². The van der Waals surface area contributed by atoms with Gasteiger partial charge in [0.1, 0.15) is 0 Å². The van der Waals surface area contributed by atoms with Crippen LogP contribution < -0.4 is 0 Å². The second kappa shape index (κ2) is 8.78. The van der Waals surface area contributed by atoms with Crippen molar-refractivity contribution in [3.05, 3.63) is 48.0 Å². The van der Waals surface area contributed by atoms with Crippen LogP contribution in [0.4, 0.5) is 0 Å². The lowest BCUT2D eigenvalue weighted by Crippen LogP contribution is -2.33. The van der Waals surface area contributed by atoms with E-state index in [1.54, 1.807) is 17.1 Å². The molecule has 1 amide bonds. The number of amides is 1. The molecule has 1 aromatic rings. The molecule has 0 radical (unpaired) electrons. The zero-order chi connectivity index (χ0) is 18.4. The second-order valence-corrected chi connectivity index (χ2v) is 6.62. The average molecular weight is 347 g/mol. The SMILES string of the molecule is CC1CC(=O)N(Cc2ccccc2)C1/C=C/C(O)CC(O)CC(=O)O. The molecule has 2 rings (SSSR count). The first kappa shape index (κ1) is 19.1. The van der Waals surface area contributed by atoms with Gasteiger partial charge in [-0.25, -0.2) is 0 Å². The largest absolute Gasteiger partial charge is 0.481 e. The number of benzene rings is 1. The molecule has 4 unspecified atom stereocenters. The van der Waals surface area contributed by atoms with Crippen LogP contribution in [0.15, 0.2) is 42.5 Å². The van der Waals surface area contributed by atoms with E-state index in [4.69, 9.17) is 5.11 Å². The van der Waals surface area contributed by atoms with E-state index in [-0.39, 0.29) is 24.3 Å². The third kappa shape index (κ3) is 5.69. The molecule has 1 aliphatic heterocycles. The van der Waals surface area contributed by atoms with E-state index < -0.39 is 24.6 Å². The van der Waals surface area contributed by atoms with Gasteiger partial charge in [-0.3, -0.25) is 9.59 Å². The van der Waals surface area contributed by atoms with Crippen LogP contribution in [0.2, 0.25) is 0 Å². The first-order chi connectivity index (χ1) is 11.9. The van der Waals surface area contributed by atoms with Crippen LogP contribution in [-0.2, 0) is 16.1 Å². The summed E-state index contributed by atoms with van der Waals surface area (Å²) in [4.78, 5) is 24.6. The maximum absolute atomic E-state index is 12.3. The van der Waals surface area contributed by atoms with Crippen molar-refractivity contribution in [2.45, 2.75) is 51.0 Å². The minimum Gasteiger partial charge on any atom is -0.481 e. The van der Waals surface area contributed by atoms with E-state index in [1.807, 2.05) is 37.3 Å². The van der Waals surface area contributed by atoms with E-state index in [0.717, 1.165) is 5.56 Å². The molecule has 0 bridgehead atoms. The van der Waals surface area contributed by atoms with Gasteiger partial charge in [-0.15, -0.1) is 0 Å². The summed E-state index contributed by atoms with van der Waals surface area (Å²) in [6.45, 7) is 2.50. The maximum atomic E-state index is 12.3. The number of aliphatic carboxylic acids is 1. The van der Waals surface area contributed by atoms with Crippen LogP contribution in [0.25, 0.3) is 0 Å². The van der Waals surface area contributed by atoms with Gasteiger partial charge in [0.15, 0.2) is 0 Å². The number of nitrogens with zero attached hydrogens (tertiary/aromatic N) is 1. The number of aliphatic hydroxyl groups excluding tert-OH is 2. The third-order valence-corrected chi connectivity index (χ3v) is 4.41. The van der Waals surface area contributed by atoms with E-state index in [0.29, 0.717) is 13.0 Å². The first-order valence-corrected chi connectivity index (χ1v) is 8.46. The van der Waals surface area contributed by atoms with Gasteiger partial charge in [-0.2, -0.15) is 0 Å². The number of rotatable bonds is 8. The number of hydrogen-bond acceptors (Lipinski definition) is 4. The van der Waals surface area contributed by atoms with Crippen LogP contribution in [0.3, 0.4) is 0 Å². The van der Waals surface area contributed by atoms with Crippen molar-refractivity contribution in [2.75, 3.05) is 0 Å². The predicted octanol–water partition coefficient (Wildman–Crippen LogP) is 1.57. The normalized spacial score (nSPS) is 23.2. The Morgan fingerprint density at radius 2 is 2.00 bits per heavy atom. The molecule has 1 fully saturated rings. The van der Waals surface area contributed by atoms with Crippen molar-refractivity contribution in [3.63, 3.8) is 0 Å². The van der Waals surface area contributed by atoms with E-state index in [2.05, 4.69) is 0 Å². The van der Waals surface area contributed by atoms with Crippen LogP contribution in [0, 0.1) is 5.92 Å². The zero-order valence-corrected chi connectivity index (χ0v) is 14.3. The molecule has 3 N–H and O–H groups in total. The molecule has 0 aromatic heterocycles. The Hall–Kier alpha value is -2.18. The fraction of sp³-hybridized carbons (Fsp3) is 0.474. The molecule has 1 aromatic carbocycles. The number of carboxylic acid groups (broad SMARTS) is 1. The zero-order valence-electron chi connectivity index (χ0n) is 14.3. The summed E-state index contributed by atoms with van der Waals surface area (Å²) < 4.78 is 0. The van der Waals surface area contributed by atoms with E-state index in [9.17, 15) is 19.8 Å². The van der Waals surface area contributed by atoms with E-state index >= 15 is 0 Å². The smallest absolute Gasteiger partial charge is 0.305 e. The Labute approximate surface area is 147 Å². The van der Waals surface area contributed by atoms with Crippen molar-refractivity contribution in [1.29, 1.82) is 0 Å². The highest BCUT2D eigenvalue weighted by Crippen LogP contribution is 2.28. The maximum Gasteiger partial charge on any atom is 0.305 e. The number of carbonyl (C=O) groups is 2. The summed E-state index contributed by atoms with van der Waals surface area (Å²) in [5, 5.41) is 28.2. The molecular weight excluding hydrogens is 322 g/mol. The quantitative estimate of drug-likeness (QED) is 0.620. The molecule has 4 atom stereocenters. The molecule has 1 heterocycles. The Balaban J connectivity index is 1.99. The van der Waals surface area contributed by atoms with Gasteiger partial charge >= 0.3 is 5.97 Å². The Morgan fingerprint density at radius 3 is 2.64 bits per heavy atom. The molecule has 1 aliphatic rings. The Morgan fingerprint density at radius 1 is 1.32 bits per heavy atom. The standard InChI is InChI=1S/C19H25NO5/c1-13-9-18(23)20(12-14-5-3-2-4-6-14)17(13)8-7-15(21)10-16(22)11-19(24)25/h2-8,13,15-17,21-22H,9-12H2,1H3,(H,24,25)/b8-7+. The summed E-state index contributed by atoms with van der Waals surface area (Å²) >= 11 is 0. The average Bonchev–Trinajstić information content (AvgIpc) is 2.79. The molecule has 136 valence electrons. The molecular formula is C19H25NO5. The van der Waals surface area contributed by atoms with Gasteiger partial charge in [-0.05, 0) is 11.5 Å². The van der Waals surface area contributed by atoms with Gasteiger partial charge in [0, 0.05) is 19.4 Å². The molecule has 6 heteroatoms. The highest BCUT2D eigenvalue weighted by molar-refractivity contribution is 5.79. The van der Waals surface area contributed by atoms with Crippen molar-refractivity contribution in [2.24, 2.45) is 5.92 Å². The van der Waals surface area contributed by atoms with Gasteiger partial charge in [0.25, 0.3) is 0 Å². The summed E-state index contributed by atoms with van der Waals surface area (Å²) in [6, 6.07) is 9.59. The molecule has 0 aliphatic carbocycles. The number of carbonyl (C=O) groups excluding carboxylic acids is 1. The topological polar surface area (TPSA) is 98.1 Å². The lowest BCUT2D eigenvalue weighted by Gasteiger charge is -2.25. The summed E-state index contributed by atoms with van der Waals surface area (Å²) in [6.07, 6.45) is 1.30. The van der Waals surface area contributed by atoms with Gasteiger partial charge in [0.05, 0.1) is 24.7 Å². The minimum atomic E-state index is -1.10. The highest BCUT2D eigenvalue weighted by atomic mass is 16.4. The van der Waals surface area contributed by atoms with Crippen LogP contribution in [0.1, 0.15) is 31.7 Å². The predicted molar refractivity (Wildman–Crippen MR) is 92.6 cm³/mol. The minimum absolute atomic E-state index is 0.0451. The molecule has 25 heavy (non-hydrogen) atoms. The lowest BCUT2D eigenvalue weighted by atomic mass is 10.0. The number of likely N-dealkylation sites (tertiary alicyclic amines) is 1. The lowest BCUT2D eigenvalue weighted by molar-refractivity contribution is -0.139. The van der Waals surface area contributed by atoms with Crippen molar-refractivity contribution in [3.8, 4) is 0 Å². The number of aliphatic hydroxyl groups is 2. The van der Waals surface area contributed by atoms with Crippen LogP contribution in [-0.4, -0.2) is 50.3 Å². The Kier molecular flexibility index (Phi) is 6.73. The fourth-order valence-electron chi connectivity index (χ4n) is 3.14. The van der Waals surface area contributed by atoms with E-state index in [1.165, 1.54) is 0 Å². The molecule has 6 nitrogen and oxygen atoms in total. The number of hydrogen-bond donors (Lipinski definition) is 3. The Bertz CT molecular complexity index is 616. The van der Waals surface area contributed by atoms with Crippen molar-refractivity contribution in [1.82, 2.24) is 4.90 Å². The number of carboxylic acids is 1.